The summed E-state index contributed by atoms with van der Waals surface area (Å²) in [6.45, 7) is 4.87. The first-order valence-electron chi connectivity index (χ1n) is 7.58. The number of carboxylic acid groups (broad SMARTS) is 1. The molecule has 0 aliphatic carbocycles. The van der Waals surface area contributed by atoms with Crippen LogP contribution in [0.2, 0.25) is 0 Å². The summed E-state index contributed by atoms with van der Waals surface area (Å²) < 4.78 is 16.0. The highest BCUT2D eigenvalue weighted by molar-refractivity contribution is 6.04. The van der Waals surface area contributed by atoms with Gasteiger partial charge in [-0.25, -0.2) is 9.18 Å². The molecule has 4 heteroatoms. The van der Waals surface area contributed by atoms with E-state index in [9.17, 15) is 14.3 Å². The van der Waals surface area contributed by atoms with E-state index in [0.29, 0.717) is 23.4 Å². The molecule has 0 spiro atoms. The first-order chi connectivity index (χ1) is 11.0. The summed E-state index contributed by atoms with van der Waals surface area (Å²) in [5.41, 5.74) is 2.36. The van der Waals surface area contributed by atoms with Crippen LogP contribution < -0.4 is 0 Å². The van der Waals surface area contributed by atoms with Crippen LogP contribution in [0.15, 0.2) is 48.7 Å². The summed E-state index contributed by atoms with van der Waals surface area (Å²) >= 11 is 0. The van der Waals surface area contributed by atoms with Crippen LogP contribution in [0, 0.1) is 11.7 Å². The molecule has 23 heavy (non-hydrogen) atoms. The number of nitrogens with zero attached hydrogens (tertiary/aromatic N) is 1. The zero-order valence-electron chi connectivity index (χ0n) is 13.1. The predicted molar refractivity (Wildman–Crippen MR) is 89.1 cm³/mol. The van der Waals surface area contributed by atoms with E-state index >= 15 is 0 Å². The van der Waals surface area contributed by atoms with E-state index in [1.807, 2.05) is 10.6 Å². The van der Waals surface area contributed by atoms with E-state index in [1.165, 1.54) is 6.07 Å². The standard InChI is InChI=1S/C19H18FNO2/c1-12(2)10-21-11-16(19(22)23)15-8-7-13(9-18(15)21)14-5-3-4-6-17(14)20/h3-9,11-12H,10H2,1-2H3,(H,22,23). The predicted octanol–water partition coefficient (Wildman–Crippen LogP) is 4.80. The molecule has 0 aliphatic rings. The monoisotopic (exact) mass is 311 g/mol. The lowest BCUT2D eigenvalue weighted by molar-refractivity contribution is 0.0698. The third kappa shape index (κ3) is 2.84. The Morgan fingerprint density at radius 3 is 2.61 bits per heavy atom. The van der Waals surface area contributed by atoms with Crippen LogP contribution in [0.5, 0.6) is 0 Å². The van der Waals surface area contributed by atoms with Crippen LogP contribution in [0.4, 0.5) is 4.39 Å². The number of hydrogen-bond acceptors (Lipinski definition) is 1. The summed E-state index contributed by atoms with van der Waals surface area (Å²) in [6, 6.07) is 12.0. The average Bonchev–Trinajstić information content (AvgIpc) is 2.85. The molecule has 2 aromatic carbocycles. The molecule has 0 saturated carbocycles. The zero-order valence-corrected chi connectivity index (χ0v) is 13.1. The number of aromatic carboxylic acids is 1. The van der Waals surface area contributed by atoms with E-state index in [1.54, 1.807) is 36.5 Å². The largest absolute Gasteiger partial charge is 0.478 e. The Morgan fingerprint density at radius 2 is 1.96 bits per heavy atom. The Bertz CT molecular complexity index is 880. The molecule has 0 saturated heterocycles. The minimum absolute atomic E-state index is 0.278. The topological polar surface area (TPSA) is 42.2 Å². The molecular weight excluding hydrogens is 293 g/mol. The minimum Gasteiger partial charge on any atom is -0.478 e. The molecule has 1 heterocycles. The average molecular weight is 311 g/mol. The van der Waals surface area contributed by atoms with Crippen molar-refractivity contribution in [3.63, 3.8) is 0 Å². The van der Waals surface area contributed by atoms with Gasteiger partial charge in [-0.3, -0.25) is 0 Å². The van der Waals surface area contributed by atoms with Gasteiger partial charge in [0.2, 0.25) is 0 Å². The van der Waals surface area contributed by atoms with Gasteiger partial charge in [0.1, 0.15) is 5.82 Å². The fraction of sp³-hybridized carbons (Fsp3) is 0.211. The molecule has 3 aromatic rings. The lowest BCUT2D eigenvalue weighted by Gasteiger charge is -2.09. The maximum atomic E-state index is 14.0. The van der Waals surface area contributed by atoms with Crippen molar-refractivity contribution in [2.75, 3.05) is 0 Å². The van der Waals surface area contributed by atoms with Crippen LogP contribution in [-0.4, -0.2) is 15.6 Å². The van der Waals surface area contributed by atoms with Crippen molar-refractivity contribution >= 4 is 16.9 Å². The molecule has 0 atom stereocenters. The number of aromatic nitrogens is 1. The van der Waals surface area contributed by atoms with Gasteiger partial charge >= 0.3 is 5.97 Å². The number of benzene rings is 2. The molecule has 0 aliphatic heterocycles. The molecular formula is C19H18FNO2. The van der Waals surface area contributed by atoms with E-state index in [2.05, 4.69) is 13.8 Å². The van der Waals surface area contributed by atoms with Crippen molar-refractivity contribution in [2.24, 2.45) is 5.92 Å². The highest BCUT2D eigenvalue weighted by Gasteiger charge is 2.16. The van der Waals surface area contributed by atoms with Crippen molar-refractivity contribution in [2.45, 2.75) is 20.4 Å². The number of rotatable bonds is 4. The third-order valence-corrected chi connectivity index (χ3v) is 3.86. The van der Waals surface area contributed by atoms with E-state index < -0.39 is 5.97 Å². The lowest BCUT2D eigenvalue weighted by atomic mass is 10.0. The van der Waals surface area contributed by atoms with Gasteiger partial charge in [-0.1, -0.05) is 44.2 Å². The zero-order chi connectivity index (χ0) is 16.6. The fourth-order valence-electron chi connectivity index (χ4n) is 2.87. The smallest absolute Gasteiger partial charge is 0.337 e. The second kappa shape index (κ2) is 5.88. The number of halogens is 1. The van der Waals surface area contributed by atoms with Crippen molar-refractivity contribution in [1.29, 1.82) is 0 Å². The van der Waals surface area contributed by atoms with Gasteiger partial charge in [0, 0.05) is 29.2 Å². The number of fused-ring (bicyclic) bond motifs is 1. The van der Waals surface area contributed by atoms with Crippen molar-refractivity contribution in [3.8, 4) is 11.1 Å². The van der Waals surface area contributed by atoms with Crippen molar-refractivity contribution < 1.29 is 14.3 Å². The highest BCUT2D eigenvalue weighted by Crippen LogP contribution is 2.29. The maximum Gasteiger partial charge on any atom is 0.337 e. The van der Waals surface area contributed by atoms with Crippen LogP contribution in [0.25, 0.3) is 22.0 Å². The van der Waals surface area contributed by atoms with Gasteiger partial charge in [-0.15, -0.1) is 0 Å². The Hall–Kier alpha value is -2.62. The van der Waals surface area contributed by atoms with Gasteiger partial charge in [0.15, 0.2) is 0 Å². The first kappa shape index (κ1) is 15.3. The van der Waals surface area contributed by atoms with Gasteiger partial charge in [0.05, 0.1) is 5.56 Å². The summed E-state index contributed by atoms with van der Waals surface area (Å²) in [4.78, 5) is 11.4. The summed E-state index contributed by atoms with van der Waals surface area (Å²) in [7, 11) is 0. The SMILES string of the molecule is CC(C)Cn1cc(C(=O)O)c2ccc(-c3ccccc3F)cc21. The molecule has 1 N–H and O–H groups in total. The van der Waals surface area contributed by atoms with Crippen LogP contribution in [0.3, 0.4) is 0 Å². The minimum atomic E-state index is -0.948. The van der Waals surface area contributed by atoms with E-state index in [-0.39, 0.29) is 11.4 Å². The highest BCUT2D eigenvalue weighted by atomic mass is 19.1. The van der Waals surface area contributed by atoms with Crippen LogP contribution >= 0.6 is 0 Å². The number of carbonyl (C=O) groups is 1. The number of hydrogen-bond donors (Lipinski definition) is 1. The molecule has 3 nitrogen and oxygen atoms in total. The Balaban J connectivity index is 2.22. The third-order valence-electron chi connectivity index (χ3n) is 3.86. The first-order valence-corrected chi connectivity index (χ1v) is 7.58. The fourth-order valence-corrected chi connectivity index (χ4v) is 2.87. The molecule has 0 fully saturated rings. The second-order valence-corrected chi connectivity index (χ2v) is 6.11. The molecule has 0 amide bonds. The maximum absolute atomic E-state index is 14.0. The summed E-state index contributed by atoms with van der Waals surface area (Å²) in [5, 5.41) is 10.1. The quantitative estimate of drug-likeness (QED) is 0.752. The van der Waals surface area contributed by atoms with E-state index in [0.717, 1.165) is 11.1 Å². The van der Waals surface area contributed by atoms with Gasteiger partial charge in [0.25, 0.3) is 0 Å². The lowest BCUT2D eigenvalue weighted by Crippen LogP contribution is -2.03. The molecule has 0 radical (unpaired) electrons. The normalized spacial score (nSPS) is 11.3. The van der Waals surface area contributed by atoms with Crippen molar-refractivity contribution in [1.82, 2.24) is 4.57 Å². The van der Waals surface area contributed by atoms with Crippen molar-refractivity contribution in [3.05, 3.63) is 60.0 Å². The molecule has 118 valence electrons. The molecule has 0 unspecified atom stereocenters. The van der Waals surface area contributed by atoms with E-state index in [4.69, 9.17) is 0 Å². The summed E-state index contributed by atoms with van der Waals surface area (Å²) in [5.74, 6) is -0.854. The molecule has 0 bridgehead atoms. The molecule has 3 rings (SSSR count). The van der Waals surface area contributed by atoms with Gasteiger partial charge in [-0.05, 0) is 23.6 Å². The number of carboxylic acids is 1. The summed E-state index contributed by atoms with van der Waals surface area (Å²) in [6.07, 6.45) is 1.66. The van der Waals surface area contributed by atoms with Crippen LogP contribution in [-0.2, 0) is 6.54 Å². The van der Waals surface area contributed by atoms with Gasteiger partial charge < -0.3 is 9.67 Å². The second-order valence-electron chi connectivity index (χ2n) is 6.11. The Kier molecular flexibility index (Phi) is 3.90. The van der Waals surface area contributed by atoms with Gasteiger partial charge in [-0.2, -0.15) is 0 Å². The van der Waals surface area contributed by atoms with Crippen LogP contribution in [0.1, 0.15) is 24.2 Å². The Labute approximate surface area is 134 Å². The molecule has 1 aromatic heterocycles. The Morgan fingerprint density at radius 1 is 1.22 bits per heavy atom.